The molecule has 10 heavy (non-hydrogen) atoms. The number of aryl methyl sites for hydroxylation is 1. The highest BCUT2D eigenvalue weighted by Gasteiger charge is 1.96. The first kappa shape index (κ1) is 6.97. The maximum absolute atomic E-state index is 8.39. The largest absolute Gasteiger partial charge is 0.223 e. The van der Waals surface area contributed by atoms with E-state index < -0.39 is 0 Å². The summed E-state index contributed by atoms with van der Waals surface area (Å²) in [7, 11) is 0. The van der Waals surface area contributed by atoms with Gasteiger partial charge in [0.25, 0.3) is 0 Å². The smallest absolute Gasteiger partial charge is 0.223 e. The van der Waals surface area contributed by atoms with Crippen LogP contribution in [0.25, 0.3) is 0 Å². The molecule has 1 heterocycles. The quantitative estimate of drug-likeness (QED) is 0.528. The molecule has 0 fully saturated rings. The normalized spacial score (nSPS) is 8.90. The summed E-state index contributed by atoms with van der Waals surface area (Å²) in [5.74, 6) is 0. The van der Waals surface area contributed by atoms with Crippen LogP contribution in [0.5, 0.6) is 0 Å². The van der Waals surface area contributed by atoms with Crippen molar-refractivity contribution in [1.82, 2.24) is 9.97 Å². The molecule has 0 amide bonds. The van der Waals surface area contributed by atoms with Gasteiger partial charge in [0.05, 0.1) is 0 Å². The van der Waals surface area contributed by atoms with Crippen molar-refractivity contribution >= 4 is 11.6 Å². The molecule has 0 atom stereocenters. The lowest BCUT2D eigenvalue weighted by atomic mass is 10.4. The van der Waals surface area contributed by atoms with Gasteiger partial charge in [0.15, 0.2) is 0 Å². The summed E-state index contributed by atoms with van der Waals surface area (Å²) in [5, 5.41) is 8.51. The number of halogens is 1. The van der Waals surface area contributed by atoms with Crippen LogP contribution in [0.4, 0.5) is 0 Å². The number of nitriles is 1. The van der Waals surface area contributed by atoms with Gasteiger partial charge < -0.3 is 0 Å². The van der Waals surface area contributed by atoms with Crippen LogP contribution in [-0.4, -0.2) is 9.97 Å². The summed E-state index contributed by atoms with van der Waals surface area (Å²) < 4.78 is 0. The van der Waals surface area contributed by atoms with E-state index in [1.54, 1.807) is 13.0 Å². The van der Waals surface area contributed by atoms with E-state index in [9.17, 15) is 0 Å². The molecule has 0 saturated carbocycles. The van der Waals surface area contributed by atoms with E-state index in [2.05, 4.69) is 9.97 Å². The molecule has 50 valence electrons. The van der Waals surface area contributed by atoms with E-state index in [-0.39, 0.29) is 5.28 Å². The Hall–Kier alpha value is -1.14. The Morgan fingerprint density at radius 1 is 1.60 bits per heavy atom. The summed E-state index contributed by atoms with van der Waals surface area (Å²) in [6.45, 7) is 1.76. The van der Waals surface area contributed by atoms with Crippen molar-refractivity contribution in [3.63, 3.8) is 0 Å². The van der Waals surface area contributed by atoms with Crippen LogP contribution in [0.2, 0.25) is 5.28 Å². The van der Waals surface area contributed by atoms with Gasteiger partial charge in [-0.25, -0.2) is 9.97 Å². The van der Waals surface area contributed by atoms with Gasteiger partial charge in [0, 0.05) is 5.69 Å². The molecule has 1 aromatic rings. The zero-order chi connectivity index (χ0) is 7.56. The highest BCUT2D eigenvalue weighted by molar-refractivity contribution is 6.28. The molecule has 4 heteroatoms. The molecule has 0 aliphatic rings. The van der Waals surface area contributed by atoms with Gasteiger partial charge in [-0.3, -0.25) is 0 Å². The Bertz CT molecular complexity index is 269. The standard InChI is InChI=1S/C6H4ClN3/c1-4-2-5(3-8)10-6(7)9-4/h2H,1H3. The van der Waals surface area contributed by atoms with Crippen molar-refractivity contribution in [2.24, 2.45) is 0 Å². The SMILES string of the molecule is Cc1cc(C#N)nc(Cl)n1. The molecule has 0 aliphatic carbocycles. The van der Waals surface area contributed by atoms with Gasteiger partial charge in [-0.2, -0.15) is 5.26 Å². The van der Waals surface area contributed by atoms with E-state index in [1.807, 2.05) is 6.07 Å². The molecule has 3 nitrogen and oxygen atoms in total. The lowest BCUT2D eigenvalue weighted by molar-refractivity contribution is 1.08. The summed E-state index contributed by atoms with van der Waals surface area (Å²) in [6.07, 6.45) is 0. The third-order valence-corrected chi connectivity index (χ3v) is 1.11. The fourth-order valence-electron chi connectivity index (χ4n) is 0.590. The molecule has 0 aliphatic heterocycles. The van der Waals surface area contributed by atoms with Gasteiger partial charge in [0.2, 0.25) is 5.28 Å². The minimum atomic E-state index is 0.122. The maximum atomic E-state index is 8.39. The molecule has 0 spiro atoms. The Morgan fingerprint density at radius 3 is 2.80 bits per heavy atom. The summed E-state index contributed by atoms with van der Waals surface area (Å²) in [6, 6.07) is 3.45. The third-order valence-electron chi connectivity index (χ3n) is 0.941. The summed E-state index contributed by atoms with van der Waals surface area (Å²) in [4.78, 5) is 7.43. The maximum Gasteiger partial charge on any atom is 0.223 e. The van der Waals surface area contributed by atoms with Crippen LogP contribution in [0, 0.1) is 18.3 Å². The van der Waals surface area contributed by atoms with Crippen molar-refractivity contribution in [3.05, 3.63) is 22.7 Å². The lowest BCUT2D eigenvalue weighted by Crippen LogP contribution is -1.89. The minimum absolute atomic E-state index is 0.122. The Kier molecular flexibility index (Phi) is 1.83. The average molecular weight is 154 g/mol. The zero-order valence-corrected chi connectivity index (χ0v) is 6.05. The van der Waals surface area contributed by atoms with Gasteiger partial charge in [0.1, 0.15) is 11.8 Å². The summed E-state index contributed by atoms with van der Waals surface area (Å²) >= 11 is 5.46. The number of rotatable bonds is 0. The fourth-order valence-corrected chi connectivity index (χ4v) is 0.814. The van der Waals surface area contributed by atoms with E-state index in [0.717, 1.165) is 0 Å². The molecule has 0 bridgehead atoms. The van der Waals surface area contributed by atoms with E-state index in [4.69, 9.17) is 16.9 Å². The predicted octanol–water partition coefficient (Wildman–Crippen LogP) is 1.31. The number of hydrogen-bond acceptors (Lipinski definition) is 3. The van der Waals surface area contributed by atoms with Gasteiger partial charge >= 0.3 is 0 Å². The first-order valence-electron chi connectivity index (χ1n) is 2.63. The van der Waals surface area contributed by atoms with Crippen LogP contribution in [-0.2, 0) is 0 Å². The van der Waals surface area contributed by atoms with Crippen LogP contribution < -0.4 is 0 Å². The number of hydrogen-bond donors (Lipinski definition) is 0. The zero-order valence-electron chi connectivity index (χ0n) is 5.30. The van der Waals surface area contributed by atoms with Crippen LogP contribution in [0.3, 0.4) is 0 Å². The average Bonchev–Trinajstić information content (AvgIpc) is 1.85. The van der Waals surface area contributed by atoms with E-state index >= 15 is 0 Å². The highest BCUT2D eigenvalue weighted by atomic mass is 35.5. The van der Waals surface area contributed by atoms with Crippen LogP contribution >= 0.6 is 11.6 Å². The topological polar surface area (TPSA) is 49.6 Å². The fraction of sp³-hybridized carbons (Fsp3) is 0.167. The Morgan fingerprint density at radius 2 is 2.30 bits per heavy atom. The second-order valence-electron chi connectivity index (χ2n) is 1.78. The molecule has 0 unspecified atom stereocenters. The second-order valence-corrected chi connectivity index (χ2v) is 2.11. The highest BCUT2D eigenvalue weighted by Crippen LogP contribution is 2.03. The number of nitrogens with zero attached hydrogens (tertiary/aromatic N) is 3. The molecule has 0 saturated heterocycles. The van der Waals surface area contributed by atoms with Crippen LogP contribution in [0.1, 0.15) is 11.4 Å². The van der Waals surface area contributed by atoms with E-state index in [1.165, 1.54) is 0 Å². The van der Waals surface area contributed by atoms with Crippen molar-refractivity contribution in [2.45, 2.75) is 6.92 Å². The molecule has 0 N–H and O–H groups in total. The van der Waals surface area contributed by atoms with Crippen molar-refractivity contribution in [2.75, 3.05) is 0 Å². The Balaban J connectivity index is 3.22. The first-order valence-corrected chi connectivity index (χ1v) is 3.01. The minimum Gasteiger partial charge on any atom is -0.223 e. The predicted molar refractivity (Wildman–Crippen MR) is 36.5 cm³/mol. The lowest BCUT2D eigenvalue weighted by Gasteiger charge is -1.91. The van der Waals surface area contributed by atoms with Crippen molar-refractivity contribution in [3.8, 4) is 6.07 Å². The molecular formula is C6H4ClN3. The Labute approximate surface area is 63.3 Å². The van der Waals surface area contributed by atoms with E-state index in [0.29, 0.717) is 11.4 Å². The van der Waals surface area contributed by atoms with Crippen molar-refractivity contribution < 1.29 is 0 Å². The molecule has 0 radical (unpaired) electrons. The van der Waals surface area contributed by atoms with Gasteiger partial charge in [-0.1, -0.05) is 0 Å². The molecular weight excluding hydrogens is 150 g/mol. The second kappa shape index (κ2) is 2.63. The van der Waals surface area contributed by atoms with Crippen LogP contribution in [0.15, 0.2) is 6.07 Å². The molecule has 1 rings (SSSR count). The number of aromatic nitrogens is 2. The van der Waals surface area contributed by atoms with Crippen molar-refractivity contribution in [1.29, 1.82) is 5.26 Å². The summed E-state index contributed by atoms with van der Waals surface area (Å²) in [5.41, 5.74) is 1.01. The molecule has 0 aromatic carbocycles. The van der Waals surface area contributed by atoms with Gasteiger partial charge in [-0.15, -0.1) is 0 Å². The molecule has 1 aromatic heterocycles. The third kappa shape index (κ3) is 1.42. The first-order chi connectivity index (χ1) is 4.72. The van der Waals surface area contributed by atoms with Gasteiger partial charge in [-0.05, 0) is 24.6 Å². The monoisotopic (exact) mass is 153 g/mol.